The van der Waals surface area contributed by atoms with Crippen molar-refractivity contribution < 1.29 is 9.53 Å². The lowest BCUT2D eigenvalue weighted by molar-refractivity contribution is -0.143. The van der Waals surface area contributed by atoms with E-state index in [1.54, 1.807) is 0 Å². The normalized spacial score (nSPS) is 32.6. The Kier molecular flexibility index (Phi) is 2.65. The molecule has 3 rings (SSSR count). The second-order valence-corrected chi connectivity index (χ2v) is 5.78. The highest BCUT2D eigenvalue weighted by Crippen LogP contribution is 2.43. The van der Waals surface area contributed by atoms with Crippen molar-refractivity contribution in [2.24, 2.45) is 5.92 Å². The van der Waals surface area contributed by atoms with Crippen LogP contribution in [-0.4, -0.2) is 12.1 Å². The predicted molar refractivity (Wildman–Crippen MR) is 69.1 cm³/mol. The van der Waals surface area contributed by atoms with Crippen LogP contribution in [0.1, 0.15) is 30.7 Å². The fourth-order valence-corrected chi connectivity index (χ4v) is 3.64. The standard InChI is InChI=1S/C13H13IO2/c14-11-4-2-1-3-9(11)10-6-5-8-7-12(10)16-13(8)15/h1-4,8,10,12H,5-7H2. The third kappa shape index (κ3) is 1.65. The molecule has 2 fully saturated rings. The van der Waals surface area contributed by atoms with E-state index in [0.29, 0.717) is 5.92 Å². The molecule has 84 valence electrons. The van der Waals surface area contributed by atoms with Crippen LogP contribution in [0.5, 0.6) is 0 Å². The highest BCUT2D eigenvalue weighted by molar-refractivity contribution is 14.1. The molecule has 1 saturated carbocycles. The van der Waals surface area contributed by atoms with Gasteiger partial charge in [-0.1, -0.05) is 18.2 Å². The molecule has 2 nitrogen and oxygen atoms in total. The zero-order chi connectivity index (χ0) is 11.1. The van der Waals surface area contributed by atoms with Crippen molar-refractivity contribution >= 4 is 28.6 Å². The minimum atomic E-state index is 0.0263. The molecule has 1 saturated heterocycles. The number of carbonyl (C=O) groups excluding carboxylic acids is 1. The SMILES string of the molecule is O=C1OC2CC1CCC2c1ccccc1I. The van der Waals surface area contributed by atoms with E-state index in [-0.39, 0.29) is 18.0 Å². The van der Waals surface area contributed by atoms with Gasteiger partial charge in [-0.15, -0.1) is 0 Å². The van der Waals surface area contributed by atoms with Gasteiger partial charge in [-0.3, -0.25) is 4.79 Å². The van der Waals surface area contributed by atoms with E-state index in [1.165, 1.54) is 9.13 Å². The minimum Gasteiger partial charge on any atom is -0.461 e. The van der Waals surface area contributed by atoms with Crippen LogP contribution >= 0.6 is 22.6 Å². The second-order valence-electron chi connectivity index (χ2n) is 4.61. The number of rotatable bonds is 1. The molecule has 1 heterocycles. The number of fused-ring (bicyclic) bond motifs is 2. The van der Waals surface area contributed by atoms with E-state index in [9.17, 15) is 4.79 Å². The van der Waals surface area contributed by atoms with Crippen molar-refractivity contribution in [2.75, 3.05) is 0 Å². The van der Waals surface area contributed by atoms with Crippen LogP contribution < -0.4 is 0 Å². The first kappa shape index (κ1) is 10.6. The molecule has 2 aliphatic rings. The molecule has 3 heteroatoms. The Balaban J connectivity index is 1.92. The lowest BCUT2D eigenvalue weighted by atomic mass is 9.79. The molecule has 3 atom stereocenters. The largest absolute Gasteiger partial charge is 0.461 e. The van der Waals surface area contributed by atoms with Crippen LogP contribution in [0.15, 0.2) is 24.3 Å². The third-order valence-corrected chi connectivity index (χ3v) is 4.68. The zero-order valence-corrected chi connectivity index (χ0v) is 11.0. The van der Waals surface area contributed by atoms with Crippen LogP contribution in [0.25, 0.3) is 0 Å². The number of halogens is 1. The Bertz CT molecular complexity index is 430. The minimum absolute atomic E-state index is 0.0263. The molecule has 1 aliphatic heterocycles. The second kappa shape index (κ2) is 4.02. The first-order valence-electron chi connectivity index (χ1n) is 5.70. The summed E-state index contributed by atoms with van der Waals surface area (Å²) in [5.74, 6) is 0.622. The van der Waals surface area contributed by atoms with Gasteiger partial charge in [0.1, 0.15) is 6.10 Å². The van der Waals surface area contributed by atoms with Crippen molar-refractivity contribution in [2.45, 2.75) is 31.3 Å². The van der Waals surface area contributed by atoms with E-state index < -0.39 is 0 Å². The smallest absolute Gasteiger partial charge is 0.309 e. The van der Waals surface area contributed by atoms with Crippen LogP contribution in [0.2, 0.25) is 0 Å². The summed E-state index contributed by atoms with van der Waals surface area (Å²) in [5, 5.41) is 0. The summed E-state index contributed by atoms with van der Waals surface area (Å²) < 4.78 is 6.75. The Labute approximate surface area is 109 Å². The topological polar surface area (TPSA) is 26.3 Å². The average molecular weight is 328 g/mol. The summed E-state index contributed by atoms with van der Waals surface area (Å²) in [6.07, 6.45) is 3.13. The fourth-order valence-electron chi connectivity index (χ4n) is 2.85. The molecule has 0 spiro atoms. The summed E-state index contributed by atoms with van der Waals surface area (Å²) in [6.45, 7) is 0. The third-order valence-electron chi connectivity index (χ3n) is 3.70. The molecule has 0 aromatic heterocycles. The van der Waals surface area contributed by atoms with Gasteiger partial charge in [-0.2, -0.15) is 0 Å². The van der Waals surface area contributed by atoms with Gasteiger partial charge < -0.3 is 4.74 Å². The number of carbonyl (C=O) groups is 1. The highest BCUT2D eigenvalue weighted by Gasteiger charge is 2.43. The van der Waals surface area contributed by atoms with Gasteiger partial charge in [0.05, 0.1) is 5.92 Å². The first-order valence-corrected chi connectivity index (χ1v) is 6.78. The van der Waals surface area contributed by atoms with Gasteiger partial charge in [-0.05, 0) is 53.5 Å². The number of benzene rings is 1. The number of hydrogen-bond acceptors (Lipinski definition) is 2. The van der Waals surface area contributed by atoms with Crippen molar-refractivity contribution in [3.8, 4) is 0 Å². The monoisotopic (exact) mass is 328 g/mol. The van der Waals surface area contributed by atoms with Crippen molar-refractivity contribution in [3.05, 3.63) is 33.4 Å². The Morgan fingerprint density at radius 2 is 2.06 bits per heavy atom. The van der Waals surface area contributed by atoms with E-state index >= 15 is 0 Å². The molecule has 0 N–H and O–H groups in total. The molecule has 1 aliphatic carbocycles. The molecule has 1 aromatic carbocycles. The average Bonchev–Trinajstić information content (AvgIpc) is 2.57. The van der Waals surface area contributed by atoms with Crippen LogP contribution in [0, 0.1) is 9.49 Å². The Hall–Kier alpha value is -0.580. The maximum atomic E-state index is 11.5. The highest BCUT2D eigenvalue weighted by atomic mass is 127. The fraction of sp³-hybridized carbons (Fsp3) is 0.462. The molecular weight excluding hydrogens is 315 g/mol. The van der Waals surface area contributed by atoms with Crippen LogP contribution in [0.3, 0.4) is 0 Å². The number of esters is 1. The van der Waals surface area contributed by atoms with Crippen molar-refractivity contribution in [1.82, 2.24) is 0 Å². The van der Waals surface area contributed by atoms with Gasteiger partial charge in [-0.25, -0.2) is 0 Å². The lowest BCUT2D eigenvalue weighted by Crippen LogP contribution is -2.22. The maximum Gasteiger partial charge on any atom is 0.309 e. The molecule has 0 amide bonds. The molecule has 2 bridgehead atoms. The number of ether oxygens (including phenoxy) is 1. The molecule has 3 unspecified atom stereocenters. The first-order chi connectivity index (χ1) is 7.75. The van der Waals surface area contributed by atoms with Gasteiger partial charge >= 0.3 is 5.97 Å². The predicted octanol–water partition coefficient (Wildman–Crippen LogP) is 3.10. The summed E-state index contributed by atoms with van der Waals surface area (Å²) in [5.41, 5.74) is 1.35. The molecule has 16 heavy (non-hydrogen) atoms. The summed E-state index contributed by atoms with van der Waals surface area (Å²) in [6, 6.07) is 8.41. The lowest BCUT2D eigenvalue weighted by Gasteiger charge is -2.26. The van der Waals surface area contributed by atoms with Gasteiger partial charge in [0.15, 0.2) is 0 Å². The number of hydrogen-bond donors (Lipinski definition) is 0. The Morgan fingerprint density at radius 1 is 1.25 bits per heavy atom. The Morgan fingerprint density at radius 3 is 2.88 bits per heavy atom. The molecule has 0 radical (unpaired) electrons. The summed E-state index contributed by atoms with van der Waals surface area (Å²) in [7, 11) is 0. The summed E-state index contributed by atoms with van der Waals surface area (Å²) in [4.78, 5) is 11.5. The van der Waals surface area contributed by atoms with Gasteiger partial charge in [0.25, 0.3) is 0 Å². The van der Waals surface area contributed by atoms with Crippen LogP contribution in [0.4, 0.5) is 0 Å². The zero-order valence-electron chi connectivity index (χ0n) is 8.86. The molecule has 1 aromatic rings. The maximum absolute atomic E-state index is 11.5. The van der Waals surface area contributed by atoms with Crippen molar-refractivity contribution in [3.63, 3.8) is 0 Å². The van der Waals surface area contributed by atoms with Gasteiger partial charge in [0, 0.05) is 9.49 Å². The molecular formula is C13H13IO2. The van der Waals surface area contributed by atoms with E-state index in [2.05, 4.69) is 46.9 Å². The van der Waals surface area contributed by atoms with Gasteiger partial charge in [0.2, 0.25) is 0 Å². The summed E-state index contributed by atoms with van der Waals surface area (Å²) >= 11 is 2.37. The van der Waals surface area contributed by atoms with Crippen molar-refractivity contribution in [1.29, 1.82) is 0 Å². The van der Waals surface area contributed by atoms with Crippen LogP contribution in [-0.2, 0) is 9.53 Å². The quantitative estimate of drug-likeness (QED) is 0.585. The van der Waals surface area contributed by atoms with E-state index in [4.69, 9.17) is 4.74 Å². The van der Waals surface area contributed by atoms with E-state index in [1.807, 2.05) is 0 Å². The van der Waals surface area contributed by atoms with E-state index in [0.717, 1.165) is 19.3 Å².